The van der Waals surface area contributed by atoms with Crippen molar-refractivity contribution in [3.63, 3.8) is 0 Å². The zero-order valence-corrected chi connectivity index (χ0v) is 13.9. The number of cyclic esters (lactones) is 1. The number of esters is 1. The predicted molar refractivity (Wildman–Crippen MR) is 93.0 cm³/mol. The van der Waals surface area contributed by atoms with Crippen molar-refractivity contribution in [1.29, 1.82) is 0 Å². The number of aromatic hydroxyl groups is 1. The van der Waals surface area contributed by atoms with Crippen LogP contribution in [0, 0.1) is 0 Å². The Hall–Kier alpha value is -3.32. The van der Waals surface area contributed by atoms with Gasteiger partial charge in [-0.1, -0.05) is 41.9 Å². The summed E-state index contributed by atoms with van der Waals surface area (Å²) in [6.07, 6.45) is -1.13. The monoisotopic (exact) mass is 370 g/mol. The maximum atomic E-state index is 12.4. The number of hydrogen-bond acceptors (Lipinski definition) is 5. The summed E-state index contributed by atoms with van der Waals surface area (Å²) in [6, 6.07) is 12.9. The number of H-pyrrole nitrogens is 1. The largest absolute Gasteiger partial charge is 0.494 e. The molecule has 7 nitrogen and oxygen atoms in total. The fourth-order valence-electron chi connectivity index (χ4n) is 2.99. The summed E-state index contributed by atoms with van der Waals surface area (Å²) in [4.78, 5) is 38.8. The lowest BCUT2D eigenvalue weighted by Crippen LogP contribution is -2.32. The first-order chi connectivity index (χ1) is 12.5. The molecule has 4 rings (SSSR count). The maximum absolute atomic E-state index is 12.4. The Morgan fingerprint density at radius 2 is 1.73 bits per heavy atom. The minimum atomic E-state index is -1.13. The van der Waals surface area contributed by atoms with Crippen LogP contribution in [0.25, 0.3) is 5.69 Å². The lowest BCUT2D eigenvalue weighted by molar-refractivity contribution is 0.0449. The molecule has 2 heterocycles. The minimum absolute atomic E-state index is 0.187. The van der Waals surface area contributed by atoms with Gasteiger partial charge < -0.3 is 9.84 Å². The number of fused-ring (bicyclic) bond motifs is 1. The number of benzene rings is 2. The smallest absolute Gasteiger partial charge is 0.339 e. The van der Waals surface area contributed by atoms with Crippen molar-refractivity contribution >= 4 is 17.6 Å². The van der Waals surface area contributed by atoms with E-state index < -0.39 is 29.2 Å². The summed E-state index contributed by atoms with van der Waals surface area (Å²) in [5.41, 5.74) is -1.03. The molecule has 2 aromatic carbocycles. The highest BCUT2D eigenvalue weighted by Crippen LogP contribution is 2.37. The molecular weight excluding hydrogens is 360 g/mol. The molecule has 0 radical (unpaired) electrons. The lowest BCUT2D eigenvalue weighted by atomic mass is 10.0. The average Bonchev–Trinajstić information content (AvgIpc) is 2.93. The maximum Gasteiger partial charge on any atom is 0.339 e. The molecule has 0 saturated heterocycles. The molecule has 1 atom stereocenters. The van der Waals surface area contributed by atoms with Gasteiger partial charge >= 0.3 is 11.7 Å². The van der Waals surface area contributed by atoms with Crippen molar-refractivity contribution in [3.05, 3.63) is 91.1 Å². The Morgan fingerprint density at radius 3 is 2.50 bits per heavy atom. The SMILES string of the molecule is O=C1OC(c2c(O)n(-c3ccccc3Cl)c(=O)[nH]c2=O)c2ccccc21. The molecule has 0 bridgehead atoms. The Labute approximate surface area is 151 Å². The molecule has 130 valence electrons. The van der Waals surface area contributed by atoms with E-state index in [0.29, 0.717) is 11.1 Å². The minimum Gasteiger partial charge on any atom is -0.494 e. The molecular formula is C18H11ClN2O5. The summed E-state index contributed by atoms with van der Waals surface area (Å²) in [5, 5.41) is 10.9. The molecule has 1 aliphatic rings. The number of halogens is 1. The predicted octanol–water partition coefficient (Wildman–Crippen LogP) is 2.14. The Balaban J connectivity index is 1.99. The Morgan fingerprint density at radius 1 is 1.04 bits per heavy atom. The molecule has 0 amide bonds. The van der Waals surface area contributed by atoms with E-state index in [1.165, 1.54) is 6.07 Å². The van der Waals surface area contributed by atoms with E-state index in [1.54, 1.807) is 42.5 Å². The number of ether oxygens (including phenoxy) is 1. The second-order valence-corrected chi connectivity index (χ2v) is 6.06. The van der Waals surface area contributed by atoms with Gasteiger partial charge in [-0.25, -0.2) is 14.2 Å². The normalized spacial score (nSPS) is 15.6. The van der Waals surface area contributed by atoms with E-state index >= 15 is 0 Å². The quantitative estimate of drug-likeness (QED) is 0.673. The van der Waals surface area contributed by atoms with E-state index in [0.717, 1.165) is 4.57 Å². The van der Waals surface area contributed by atoms with Crippen molar-refractivity contribution in [2.75, 3.05) is 0 Å². The Kier molecular flexibility index (Phi) is 3.66. The van der Waals surface area contributed by atoms with Crippen molar-refractivity contribution in [2.45, 2.75) is 6.10 Å². The van der Waals surface area contributed by atoms with Crippen LogP contribution in [0.4, 0.5) is 0 Å². The van der Waals surface area contributed by atoms with Crippen LogP contribution in [0.15, 0.2) is 58.1 Å². The highest BCUT2D eigenvalue weighted by Gasteiger charge is 2.36. The number of para-hydroxylation sites is 1. The number of carbonyl (C=O) groups excluding carboxylic acids is 1. The van der Waals surface area contributed by atoms with Crippen molar-refractivity contribution in [2.24, 2.45) is 0 Å². The van der Waals surface area contributed by atoms with Gasteiger partial charge in [0.25, 0.3) is 5.56 Å². The first-order valence-electron chi connectivity index (χ1n) is 7.62. The summed E-state index contributed by atoms with van der Waals surface area (Å²) < 4.78 is 6.14. The third-order valence-corrected chi connectivity index (χ3v) is 4.48. The van der Waals surface area contributed by atoms with Gasteiger partial charge in [0.2, 0.25) is 5.88 Å². The number of nitrogens with one attached hydrogen (secondary N) is 1. The van der Waals surface area contributed by atoms with Gasteiger partial charge in [0.05, 0.1) is 16.3 Å². The van der Waals surface area contributed by atoms with E-state index in [4.69, 9.17) is 16.3 Å². The van der Waals surface area contributed by atoms with Crippen molar-refractivity contribution < 1.29 is 14.6 Å². The number of rotatable bonds is 2. The van der Waals surface area contributed by atoms with Gasteiger partial charge in [0, 0.05) is 5.56 Å². The van der Waals surface area contributed by atoms with Gasteiger partial charge in [-0.2, -0.15) is 0 Å². The van der Waals surface area contributed by atoms with E-state index in [-0.39, 0.29) is 16.3 Å². The molecule has 0 spiro atoms. The molecule has 0 aliphatic carbocycles. The van der Waals surface area contributed by atoms with Crippen LogP contribution >= 0.6 is 11.6 Å². The second-order valence-electron chi connectivity index (χ2n) is 5.66. The van der Waals surface area contributed by atoms with Crippen LogP contribution in [0.1, 0.15) is 27.6 Å². The summed E-state index contributed by atoms with van der Waals surface area (Å²) in [6.45, 7) is 0. The second kappa shape index (κ2) is 5.89. The standard InChI is InChI=1S/C18H11ClN2O5/c19-11-7-3-4-8-12(11)21-16(23)13(15(22)20-18(21)25)14-9-5-1-2-6-10(9)17(24)26-14/h1-8,14,23H,(H,20,22,25). The molecule has 8 heteroatoms. The average molecular weight is 371 g/mol. The zero-order valence-electron chi connectivity index (χ0n) is 13.1. The summed E-state index contributed by atoms with van der Waals surface area (Å²) in [5.74, 6) is -1.25. The van der Waals surface area contributed by atoms with Gasteiger partial charge in [0.1, 0.15) is 5.56 Å². The number of aromatic amines is 1. The zero-order chi connectivity index (χ0) is 18.4. The van der Waals surface area contributed by atoms with Gasteiger partial charge in [-0.05, 0) is 18.2 Å². The number of hydrogen-bond donors (Lipinski definition) is 2. The molecule has 1 aromatic heterocycles. The fraction of sp³-hybridized carbons (Fsp3) is 0.0556. The highest BCUT2D eigenvalue weighted by atomic mass is 35.5. The third kappa shape index (κ3) is 2.33. The number of carbonyl (C=O) groups is 1. The first-order valence-corrected chi connectivity index (χ1v) is 8.00. The summed E-state index contributed by atoms with van der Waals surface area (Å²) in [7, 11) is 0. The fourth-order valence-corrected chi connectivity index (χ4v) is 3.21. The molecule has 1 aliphatic heterocycles. The van der Waals surface area contributed by atoms with Crippen molar-refractivity contribution in [1.82, 2.24) is 9.55 Å². The first kappa shape index (κ1) is 16.2. The van der Waals surface area contributed by atoms with Crippen molar-refractivity contribution in [3.8, 4) is 11.6 Å². The Bertz CT molecular complexity index is 1160. The topological polar surface area (TPSA) is 101 Å². The molecule has 1 unspecified atom stereocenters. The van der Waals surface area contributed by atoms with Gasteiger partial charge in [-0.15, -0.1) is 0 Å². The van der Waals surface area contributed by atoms with Crippen LogP contribution in [0.2, 0.25) is 5.02 Å². The van der Waals surface area contributed by atoms with E-state index in [9.17, 15) is 19.5 Å². The molecule has 3 aromatic rings. The van der Waals surface area contributed by atoms with E-state index in [2.05, 4.69) is 4.98 Å². The third-order valence-electron chi connectivity index (χ3n) is 4.16. The molecule has 0 fully saturated rings. The number of aromatic nitrogens is 2. The number of nitrogens with zero attached hydrogens (tertiary/aromatic N) is 1. The van der Waals surface area contributed by atoms with E-state index in [1.807, 2.05) is 0 Å². The lowest BCUT2D eigenvalue weighted by Gasteiger charge is -2.16. The molecule has 2 N–H and O–H groups in total. The van der Waals surface area contributed by atoms with Gasteiger partial charge in [0.15, 0.2) is 6.10 Å². The van der Waals surface area contributed by atoms with Crippen LogP contribution in [-0.2, 0) is 4.74 Å². The van der Waals surface area contributed by atoms with Crippen LogP contribution in [0.3, 0.4) is 0 Å². The van der Waals surface area contributed by atoms with Gasteiger partial charge in [-0.3, -0.25) is 9.78 Å². The highest BCUT2D eigenvalue weighted by molar-refractivity contribution is 6.32. The molecule has 26 heavy (non-hydrogen) atoms. The summed E-state index contributed by atoms with van der Waals surface area (Å²) >= 11 is 6.11. The van der Waals surface area contributed by atoms with Crippen LogP contribution < -0.4 is 11.2 Å². The van der Waals surface area contributed by atoms with Crippen LogP contribution in [-0.4, -0.2) is 20.6 Å². The van der Waals surface area contributed by atoms with Crippen LogP contribution in [0.5, 0.6) is 5.88 Å². The molecule has 0 saturated carbocycles.